The number of fused-ring (bicyclic) bond motifs is 1. The highest BCUT2D eigenvalue weighted by Crippen LogP contribution is 2.27. The van der Waals surface area contributed by atoms with Gasteiger partial charge in [-0.2, -0.15) is 5.10 Å². The lowest BCUT2D eigenvalue weighted by Gasteiger charge is -2.34. The SMILES string of the molecule is Cc1nnn(C)c1-c1cc(N2CCOC[C@H]2C)nc2ccnn12. The maximum atomic E-state index is 5.54. The molecule has 8 heteroatoms. The lowest BCUT2D eigenvalue weighted by Crippen LogP contribution is -2.44. The number of aryl methyl sites for hydroxylation is 2. The van der Waals surface area contributed by atoms with E-state index in [4.69, 9.17) is 9.72 Å². The van der Waals surface area contributed by atoms with Crippen molar-refractivity contribution in [3.05, 3.63) is 24.0 Å². The van der Waals surface area contributed by atoms with Gasteiger partial charge in [0.1, 0.15) is 11.5 Å². The highest BCUT2D eigenvalue weighted by atomic mass is 16.5. The molecule has 4 heterocycles. The number of anilines is 1. The van der Waals surface area contributed by atoms with Gasteiger partial charge in [-0.05, 0) is 13.8 Å². The first-order chi connectivity index (χ1) is 11.1. The molecular formula is C15H19N7O. The van der Waals surface area contributed by atoms with E-state index in [1.54, 1.807) is 10.9 Å². The molecule has 1 aliphatic heterocycles. The Labute approximate surface area is 133 Å². The van der Waals surface area contributed by atoms with Crippen molar-refractivity contribution in [1.82, 2.24) is 29.6 Å². The van der Waals surface area contributed by atoms with E-state index in [9.17, 15) is 0 Å². The normalized spacial score (nSPS) is 18.7. The third-order valence-corrected chi connectivity index (χ3v) is 4.25. The molecule has 0 spiro atoms. The smallest absolute Gasteiger partial charge is 0.158 e. The van der Waals surface area contributed by atoms with Gasteiger partial charge in [0.05, 0.1) is 36.8 Å². The number of morpholine rings is 1. The van der Waals surface area contributed by atoms with Gasteiger partial charge in [-0.3, -0.25) is 0 Å². The fourth-order valence-corrected chi connectivity index (χ4v) is 3.09. The quantitative estimate of drug-likeness (QED) is 0.704. The second kappa shape index (κ2) is 5.31. The predicted octanol–water partition coefficient (Wildman–Crippen LogP) is 1.06. The van der Waals surface area contributed by atoms with Gasteiger partial charge < -0.3 is 9.64 Å². The molecule has 8 nitrogen and oxygen atoms in total. The van der Waals surface area contributed by atoms with Gasteiger partial charge in [-0.15, -0.1) is 5.10 Å². The van der Waals surface area contributed by atoms with Crippen LogP contribution in [-0.2, 0) is 11.8 Å². The van der Waals surface area contributed by atoms with Crippen LogP contribution in [0.1, 0.15) is 12.6 Å². The fraction of sp³-hybridized carbons (Fsp3) is 0.467. The van der Waals surface area contributed by atoms with Gasteiger partial charge in [0.2, 0.25) is 0 Å². The lowest BCUT2D eigenvalue weighted by atomic mass is 10.2. The van der Waals surface area contributed by atoms with Crippen LogP contribution < -0.4 is 4.90 Å². The van der Waals surface area contributed by atoms with E-state index in [1.165, 1.54) is 0 Å². The van der Waals surface area contributed by atoms with E-state index in [0.717, 1.165) is 41.7 Å². The lowest BCUT2D eigenvalue weighted by molar-refractivity contribution is 0.0985. The Morgan fingerprint density at radius 1 is 1.35 bits per heavy atom. The van der Waals surface area contributed by atoms with Crippen molar-refractivity contribution in [2.45, 2.75) is 19.9 Å². The Morgan fingerprint density at radius 3 is 2.96 bits per heavy atom. The number of hydrogen-bond acceptors (Lipinski definition) is 6. The number of hydrogen-bond donors (Lipinski definition) is 0. The molecule has 0 unspecified atom stereocenters. The molecule has 23 heavy (non-hydrogen) atoms. The van der Waals surface area contributed by atoms with Crippen molar-refractivity contribution in [1.29, 1.82) is 0 Å². The summed E-state index contributed by atoms with van der Waals surface area (Å²) >= 11 is 0. The third-order valence-electron chi connectivity index (χ3n) is 4.25. The summed E-state index contributed by atoms with van der Waals surface area (Å²) in [4.78, 5) is 7.04. The first-order valence-corrected chi connectivity index (χ1v) is 7.71. The van der Waals surface area contributed by atoms with Gasteiger partial charge in [-0.1, -0.05) is 5.21 Å². The van der Waals surface area contributed by atoms with Gasteiger partial charge >= 0.3 is 0 Å². The third kappa shape index (κ3) is 2.26. The van der Waals surface area contributed by atoms with E-state index in [-0.39, 0.29) is 0 Å². The topological polar surface area (TPSA) is 73.4 Å². The molecule has 120 valence electrons. The Bertz CT molecular complexity index is 833. The predicted molar refractivity (Wildman–Crippen MR) is 85.3 cm³/mol. The Kier molecular flexibility index (Phi) is 3.26. The second-order valence-electron chi connectivity index (χ2n) is 5.87. The first-order valence-electron chi connectivity index (χ1n) is 7.71. The highest BCUT2D eigenvalue weighted by Gasteiger charge is 2.23. The maximum Gasteiger partial charge on any atom is 0.158 e. The van der Waals surface area contributed by atoms with Crippen LogP contribution in [-0.4, -0.2) is 55.4 Å². The summed E-state index contributed by atoms with van der Waals surface area (Å²) in [6.45, 7) is 6.37. The van der Waals surface area contributed by atoms with Crippen LogP contribution in [0, 0.1) is 6.92 Å². The number of nitrogens with zero attached hydrogens (tertiary/aromatic N) is 7. The minimum atomic E-state index is 0.292. The number of aromatic nitrogens is 6. The second-order valence-corrected chi connectivity index (χ2v) is 5.87. The number of rotatable bonds is 2. The van der Waals surface area contributed by atoms with Crippen molar-refractivity contribution in [3.8, 4) is 11.4 Å². The summed E-state index contributed by atoms with van der Waals surface area (Å²) in [6.07, 6.45) is 1.76. The monoisotopic (exact) mass is 313 g/mol. The van der Waals surface area contributed by atoms with Gasteiger partial charge in [0, 0.05) is 25.7 Å². The summed E-state index contributed by atoms with van der Waals surface area (Å²) in [7, 11) is 1.89. The van der Waals surface area contributed by atoms with Gasteiger partial charge in [0.25, 0.3) is 0 Å². The Hall–Kier alpha value is -2.48. The average molecular weight is 313 g/mol. The Balaban J connectivity index is 1.91. The van der Waals surface area contributed by atoms with Crippen LogP contribution >= 0.6 is 0 Å². The molecule has 1 atom stereocenters. The molecule has 1 fully saturated rings. The molecule has 0 radical (unpaired) electrons. The number of ether oxygens (including phenoxy) is 1. The minimum Gasteiger partial charge on any atom is -0.377 e. The molecule has 4 rings (SSSR count). The van der Waals surface area contributed by atoms with E-state index in [1.807, 2.05) is 24.6 Å². The molecule has 0 N–H and O–H groups in total. The van der Waals surface area contributed by atoms with Gasteiger partial charge in [0.15, 0.2) is 5.65 Å². The summed E-state index contributed by atoms with van der Waals surface area (Å²) in [6, 6.07) is 4.27. The molecule has 0 aromatic carbocycles. The Morgan fingerprint density at radius 2 is 2.22 bits per heavy atom. The highest BCUT2D eigenvalue weighted by molar-refractivity contribution is 5.66. The van der Waals surface area contributed by atoms with E-state index >= 15 is 0 Å². The van der Waals surface area contributed by atoms with Gasteiger partial charge in [-0.25, -0.2) is 14.2 Å². The molecule has 3 aromatic heterocycles. The van der Waals surface area contributed by atoms with Crippen molar-refractivity contribution in [2.75, 3.05) is 24.7 Å². The first kappa shape index (κ1) is 14.1. The van der Waals surface area contributed by atoms with Crippen LogP contribution in [0.3, 0.4) is 0 Å². The molecule has 1 aliphatic rings. The zero-order chi connectivity index (χ0) is 16.0. The summed E-state index contributed by atoms with van der Waals surface area (Å²) in [5.74, 6) is 0.935. The standard InChI is InChI=1S/C15H19N7O/c1-10-9-23-7-6-21(10)14-8-12(15-11(2)18-19-20(15)3)22-13(17-14)4-5-16-22/h4-5,8,10H,6-7,9H2,1-3H3/t10-/m1/s1. The molecule has 1 saturated heterocycles. The molecule has 0 bridgehead atoms. The molecular weight excluding hydrogens is 294 g/mol. The molecule has 0 aliphatic carbocycles. The van der Waals surface area contributed by atoms with Crippen molar-refractivity contribution >= 4 is 11.5 Å². The minimum absolute atomic E-state index is 0.292. The summed E-state index contributed by atoms with van der Waals surface area (Å²) < 4.78 is 9.15. The van der Waals surface area contributed by atoms with Crippen molar-refractivity contribution < 1.29 is 4.74 Å². The van der Waals surface area contributed by atoms with E-state index in [0.29, 0.717) is 12.6 Å². The maximum absolute atomic E-state index is 5.54. The average Bonchev–Trinajstić information content (AvgIpc) is 3.14. The van der Waals surface area contributed by atoms with Crippen molar-refractivity contribution in [3.63, 3.8) is 0 Å². The van der Waals surface area contributed by atoms with E-state index in [2.05, 4.69) is 33.3 Å². The fourth-order valence-electron chi connectivity index (χ4n) is 3.09. The molecule has 0 amide bonds. The summed E-state index contributed by atoms with van der Waals surface area (Å²) in [5.41, 5.74) is 3.58. The van der Waals surface area contributed by atoms with Crippen LogP contribution in [0.25, 0.3) is 17.0 Å². The molecule has 3 aromatic rings. The van der Waals surface area contributed by atoms with E-state index < -0.39 is 0 Å². The largest absolute Gasteiger partial charge is 0.377 e. The molecule has 0 saturated carbocycles. The zero-order valence-electron chi connectivity index (χ0n) is 13.5. The van der Waals surface area contributed by atoms with Crippen LogP contribution in [0.15, 0.2) is 18.3 Å². The summed E-state index contributed by atoms with van der Waals surface area (Å²) in [5, 5.41) is 12.7. The van der Waals surface area contributed by atoms with Crippen LogP contribution in [0.2, 0.25) is 0 Å². The van der Waals surface area contributed by atoms with Crippen LogP contribution in [0.5, 0.6) is 0 Å². The van der Waals surface area contributed by atoms with Crippen LogP contribution in [0.4, 0.5) is 5.82 Å². The van der Waals surface area contributed by atoms with Crippen molar-refractivity contribution in [2.24, 2.45) is 7.05 Å². The zero-order valence-corrected chi connectivity index (χ0v) is 13.5.